The minimum absolute atomic E-state index is 0.0231. The summed E-state index contributed by atoms with van der Waals surface area (Å²) in [4.78, 5) is 12.4. The van der Waals surface area contributed by atoms with Crippen LogP contribution in [0.5, 0.6) is 0 Å². The molecule has 0 aliphatic rings. The Morgan fingerprint density at radius 3 is 2.53 bits per heavy atom. The van der Waals surface area contributed by atoms with E-state index in [1.807, 2.05) is 37.3 Å². The molecule has 1 nitrogen and oxygen atoms in total. The first kappa shape index (κ1) is 12.6. The van der Waals surface area contributed by atoms with E-state index in [0.717, 1.165) is 14.7 Å². The average Bonchev–Trinajstić information content (AvgIpc) is 2.32. The molecule has 2 aromatic carbocycles. The number of carbonyl (C=O) groups is 1. The Morgan fingerprint density at radius 2 is 1.82 bits per heavy atom. The van der Waals surface area contributed by atoms with Gasteiger partial charge in [0.25, 0.3) is 0 Å². The molecule has 0 amide bonds. The van der Waals surface area contributed by atoms with E-state index in [2.05, 4.69) is 22.6 Å². The molecule has 2 rings (SSSR count). The summed E-state index contributed by atoms with van der Waals surface area (Å²) in [5.74, 6) is 0.0231. The minimum atomic E-state index is 0.0231. The van der Waals surface area contributed by atoms with E-state index in [9.17, 15) is 4.79 Å². The topological polar surface area (TPSA) is 17.1 Å². The molecular formula is C14H10ClIO. The molecule has 0 atom stereocenters. The van der Waals surface area contributed by atoms with E-state index in [4.69, 9.17) is 11.6 Å². The van der Waals surface area contributed by atoms with Gasteiger partial charge in [-0.2, -0.15) is 0 Å². The van der Waals surface area contributed by atoms with Crippen molar-refractivity contribution >= 4 is 40.0 Å². The van der Waals surface area contributed by atoms with Crippen LogP contribution < -0.4 is 0 Å². The van der Waals surface area contributed by atoms with Crippen LogP contribution in [0.3, 0.4) is 0 Å². The highest BCUT2D eigenvalue weighted by Gasteiger charge is 2.14. The number of aryl methyl sites for hydroxylation is 1. The van der Waals surface area contributed by atoms with Gasteiger partial charge in [-0.3, -0.25) is 4.79 Å². The van der Waals surface area contributed by atoms with Crippen LogP contribution in [0.4, 0.5) is 0 Å². The molecule has 3 heteroatoms. The van der Waals surface area contributed by atoms with Crippen molar-refractivity contribution < 1.29 is 4.79 Å². The molecule has 0 saturated carbocycles. The third-order valence-corrected chi connectivity index (χ3v) is 3.74. The van der Waals surface area contributed by atoms with Gasteiger partial charge in [0.2, 0.25) is 0 Å². The monoisotopic (exact) mass is 356 g/mol. The Morgan fingerprint density at radius 1 is 1.12 bits per heavy atom. The second-order valence-corrected chi connectivity index (χ2v) is 5.37. The van der Waals surface area contributed by atoms with Crippen molar-refractivity contribution in [3.05, 3.63) is 67.7 Å². The molecule has 0 heterocycles. The second-order valence-electron chi connectivity index (χ2n) is 3.77. The van der Waals surface area contributed by atoms with Gasteiger partial charge in [0.05, 0.1) is 0 Å². The van der Waals surface area contributed by atoms with E-state index in [-0.39, 0.29) is 5.78 Å². The van der Waals surface area contributed by atoms with Crippen molar-refractivity contribution in [2.24, 2.45) is 0 Å². The maximum absolute atomic E-state index is 12.4. The SMILES string of the molecule is Cc1ccccc1C(=O)c1cc(Cl)ccc1I. The van der Waals surface area contributed by atoms with E-state index in [0.29, 0.717) is 10.6 Å². The van der Waals surface area contributed by atoms with E-state index < -0.39 is 0 Å². The van der Waals surface area contributed by atoms with Gasteiger partial charge in [-0.1, -0.05) is 35.9 Å². The second kappa shape index (κ2) is 5.19. The van der Waals surface area contributed by atoms with E-state index in [1.165, 1.54) is 0 Å². The molecule has 0 aliphatic heterocycles. The Bertz CT molecular complexity index is 578. The summed E-state index contributed by atoms with van der Waals surface area (Å²) < 4.78 is 0.917. The van der Waals surface area contributed by atoms with Gasteiger partial charge in [0, 0.05) is 19.7 Å². The fraction of sp³-hybridized carbons (Fsp3) is 0.0714. The van der Waals surface area contributed by atoms with Gasteiger partial charge in [-0.05, 0) is 53.3 Å². The van der Waals surface area contributed by atoms with Crippen molar-refractivity contribution in [2.75, 3.05) is 0 Å². The van der Waals surface area contributed by atoms with Gasteiger partial charge in [-0.25, -0.2) is 0 Å². The highest BCUT2D eigenvalue weighted by Crippen LogP contribution is 2.22. The molecular weight excluding hydrogens is 347 g/mol. The normalized spacial score (nSPS) is 10.3. The van der Waals surface area contributed by atoms with Crippen LogP contribution in [0, 0.1) is 10.5 Å². The molecule has 86 valence electrons. The summed E-state index contributed by atoms with van der Waals surface area (Å²) in [5, 5.41) is 0.586. The Kier molecular flexibility index (Phi) is 3.84. The van der Waals surface area contributed by atoms with Crippen molar-refractivity contribution in [1.29, 1.82) is 0 Å². The molecule has 0 aliphatic carbocycles. The first-order chi connectivity index (χ1) is 8.09. The first-order valence-electron chi connectivity index (χ1n) is 5.15. The zero-order chi connectivity index (χ0) is 12.4. The lowest BCUT2D eigenvalue weighted by atomic mass is 9.99. The molecule has 0 saturated heterocycles. The Hall–Kier alpha value is -0.870. The lowest BCUT2D eigenvalue weighted by molar-refractivity contribution is 0.103. The summed E-state index contributed by atoms with van der Waals surface area (Å²) in [6, 6.07) is 12.9. The molecule has 0 spiro atoms. The van der Waals surface area contributed by atoms with Crippen LogP contribution in [0.15, 0.2) is 42.5 Å². The van der Waals surface area contributed by atoms with E-state index >= 15 is 0 Å². The molecule has 0 fully saturated rings. The molecule has 2 aromatic rings. The van der Waals surface area contributed by atoms with Crippen LogP contribution in [0.1, 0.15) is 21.5 Å². The smallest absolute Gasteiger partial charge is 0.194 e. The van der Waals surface area contributed by atoms with Gasteiger partial charge in [-0.15, -0.1) is 0 Å². The summed E-state index contributed by atoms with van der Waals surface area (Å²) in [7, 11) is 0. The third kappa shape index (κ3) is 2.69. The van der Waals surface area contributed by atoms with Crippen LogP contribution in [0.2, 0.25) is 5.02 Å². The molecule has 0 radical (unpaired) electrons. The number of halogens is 2. The number of rotatable bonds is 2. The average molecular weight is 357 g/mol. The summed E-state index contributed by atoms with van der Waals surface area (Å²) >= 11 is 8.08. The number of hydrogen-bond acceptors (Lipinski definition) is 1. The summed E-state index contributed by atoms with van der Waals surface area (Å²) in [6.45, 7) is 1.94. The van der Waals surface area contributed by atoms with Gasteiger partial charge >= 0.3 is 0 Å². The maximum atomic E-state index is 12.4. The fourth-order valence-corrected chi connectivity index (χ4v) is 2.40. The first-order valence-corrected chi connectivity index (χ1v) is 6.60. The molecule has 0 aromatic heterocycles. The highest BCUT2D eigenvalue weighted by atomic mass is 127. The zero-order valence-corrected chi connectivity index (χ0v) is 12.1. The van der Waals surface area contributed by atoms with Crippen molar-refractivity contribution in [3.63, 3.8) is 0 Å². The minimum Gasteiger partial charge on any atom is -0.289 e. The van der Waals surface area contributed by atoms with Crippen LogP contribution in [-0.2, 0) is 0 Å². The van der Waals surface area contributed by atoms with Gasteiger partial charge in [0.15, 0.2) is 5.78 Å². The van der Waals surface area contributed by atoms with Gasteiger partial charge < -0.3 is 0 Å². The number of benzene rings is 2. The quantitative estimate of drug-likeness (QED) is 0.572. The third-order valence-electron chi connectivity index (χ3n) is 2.56. The summed E-state index contributed by atoms with van der Waals surface area (Å²) in [6.07, 6.45) is 0. The van der Waals surface area contributed by atoms with Gasteiger partial charge in [0.1, 0.15) is 0 Å². The standard InChI is InChI=1S/C14H10ClIO/c1-9-4-2-3-5-11(9)14(17)12-8-10(15)6-7-13(12)16/h2-8H,1H3. The zero-order valence-electron chi connectivity index (χ0n) is 9.21. The lowest BCUT2D eigenvalue weighted by Gasteiger charge is -2.07. The maximum Gasteiger partial charge on any atom is 0.194 e. The van der Waals surface area contributed by atoms with Crippen LogP contribution >= 0.6 is 34.2 Å². The predicted octanol–water partition coefficient (Wildman–Crippen LogP) is 4.48. The van der Waals surface area contributed by atoms with Crippen molar-refractivity contribution in [2.45, 2.75) is 6.92 Å². The fourth-order valence-electron chi connectivity index (χ4n) is 1.64. The number of ketones is 1. The number of hydrogen-bond donors (Lipinski definition) is 0. The lowest BCUT2D eigenvalue weighted by Crippen LogP contribution is -2.05. The van der Waals surface area contributed by atoms with Crippen molar-refractivity contribution in [3.8, 4) is 0 Å². The largest absolute Gasteiger partial charge is 0.289 e. The number of carbonyl (C=O) groups excluding carboxylic acids is 1. The Labute approximate surface area is 119 Å². The molecule has 0 bridgehead atoms. The Balaban J connectivity index is 2.51. The molecule has 17 heavy (non-hydrogen) atoms. The molecule has 0 N–H and O–H groups in total. The van der Waals surface area contributed by atoms with Crippen molar-refractivity contribution in [1.82, 2.24) is 0 Å². The van der Waals surface area contributed by atoms with E-state index in [1.54, 1.807) is 12.1 Å². The highest BCUT2D eigenvalue weighted by molar-refractivity contribution is 14.1. The molecule has 0 unspecified atom stereocenters. The van der Waals surface area contributed by atoms with Crippen LogP contribution in [-0.4, -0.2) is 5.78 Å². The summed E-state index contributed by atoms with van der Waals surface area (Å²) in [5.41, 5.74) is 2.37. The van der Waals surface area contributed by atoms with Crippen LogP contribution in [0.25, 0.3) is 0 Å². The predicted molar refractivity (Wildman–Crippen MR) is 78.8 cm³/mol.